The highest BCUT2D eigenvalue weighted by Crippen LogP contribution is 2.16. The molecule has 0 aliphatic carbocycles. The number of hydrogen-bond donors (Lipinski definition) is 0. The van der Waals surface area contributed by atoms with Gasteiger partial charge in [-0.25, -0.2) is 4.79 Å². The first-order valence-corrected chi connectivity index (χ1v) is 8.59. The third-order valence-electron chi connectivity index (χ3n) is 3.57. The summed E-state index contributed by atoms with van der Waals surface area (Å²) in [5.41, 5.74) is 1.97. The minimum absolute atomic E-state index is 0.0414. The van der Waals surface area contributed by atoms with E-state index >= 15 is 0 Å². The SMILES string of the molecule is CCOC.CCOC(=O)/C(C)=C(/C)N(Cc1ccccc1)C(=O)COC. The van der Waals surface area contributed by atoms with E-state index in [0.29, 0.717) is 24.4 Å². The average Bonchev–Trinajstić information content (AvgIpc) is 2.66. The van der Waals surface area contributed by atoms with E-state index in [9.17, 15) is 9.59 Å². The molecule has 0 unspecified atom stereocenters. The number of hydrogen-bond acceptors (Lipinski definition) is 5. The maximum Gasteiger partial charge on any atom is 0.335 e. The lowest BCUT2D eigenvalue weighted by atomic mass is 10.1. The van der Waals surface area contributed by atoms with Crippen LogP contribution < -0.4 is 0 Å². The molecule has 0 N–H and O–H groups in total. The van der Waals surface area contributed by atoms with Crippen LogP contribution in [0.5, 0.6) is 0 Å². The molecule has 0 heterocycles. The summed E-state index contributed by atoms with van der Waals surface area (Å²) in [6.45, 7) is 8.56. The lowest BCUT2D eigenvalue weighted by molar-refractivity contribution is -0.138. The molecule has 6 heteroatoms. The predicted octanol–water partition coefficient (Wildman–Crippen LogP) is 3.17. The van der Waals surface area contributed by atoms with Crippen LogP contribution in [0, 0.1) is 0 Å². The molecular formula is C20H31NO5. The summed E-state index contributed by atoms with van der Waals surface area (Å²) in [4.78, 5) is 25.7. The fraction of sp³-hybridized carbons (Fsp3) is 0.500. The van der Waals surface area contributed by atoms with Crippen molar-refractivity contribution in [2.75, 3.05) is 34.0 Å². The van der Waals surface area contributed by atoms with Crippen molar-refractivity contribution < 1.29 is 23.8 Å². The zero-order chi connectivity index (χ0) is 19.9. The van der Waals surface area contributed by atoms with E-state index in [-0.39, 0.29) is 12.5 Å². The number of rotatable bonds is 8. The number of carbonyl (C=O) groups excluding carboxylic acids is 2. The summed E-state index contributed by atoms with van der Waals surface area (Å²) in [5.74, 6) is -0.615. The fourth-order valence-electron chi connectivity index (χ4n) is 1.95. The first-order valence-electron chi connectivity index (χ1n) is 8.59. The third kappa shape index (κ3) is 8.78. The highest BCUT2D eigenvalue weighted by Gasteiger charge is 2.20. The molecule has 0 bridgehead atoms. The summed E-state index contributed by atoms with van der Waals surface area (Å²) < 4.78 is 14.5. The minimum atomic E-state index is -0.414. The lowest BCUT2D eigenvalue weighted by Gasteiger charge is -2.25. The van der Waals surface area contributed by atoms with E-state index < -0.39 is 5.97 Å². The number of esters is 1. The van der Waals surface area contributed by atoms with Gasteiger partial charge in [-0.1, -0.05) is 30.3 Å². The van der Waals surface area contributed by atoms with E-state index in [0.717, 1.165) is 12.2 Å². The smallest absolute Gasteiger partial charge is 0.335 e. The molecule has 0 fully saturated rings. The van der Waals surface area contributed by atoms with Gasteiger partial charge in [0.2, 0.25) is 0 Å². The van der Waals surface area contributed by atoms with Gasteiger partial charge in [-0.2, -0.15) is 0 Å². The van der Waals surface area contributed by atoms with Crippen LogP contribution >= 0.6 is 0 Å². The molecule has 26 heavy (non-hydrogen) atoms. The van der Waals surface area contributed by atoms with Gasteiger partial charge in [0.1, 0.15) is 6.61 Å². The van der Waals surface area contributed by atoms with E-state index in [4.69, 9.17) is 9.47 Å². The first kappa shape index (κ1) is 23.8. The Hall–Kier alpha value is -2.18. The Labute approximate surface area is 156 Å². The second-order valence-electron chi connectivity index (χ2n) is 5.41. The van der Waals surface area contributed by atoms with Crippen LogP contribution in [0.15, 0.2) is 41.6 Å². The van der Waals surface area contributed by atoms with Gasteiger partial charge in [0.25, 0.3) is 5.91 Å². The minimum Gasteiger partial charge on any atom is -0.463 e. The molecule has 1 amide bonds. The van der Waals surface area contributed by atoms with Gasteiger partial charge in [0.05, 0.1) is 18.7 Å². The number of amides is 1. The predicted molar refractivity (Wildman–Crippen MR) is 101 cm³/mol. The number of ether oxygens (including phenoxy) is 3. The molecule has 0 spiro atoms. The average molecular weight is 365 g/mol. The molecule has 1 rings (SSSR count). The van der Waals surface area contributed by atoms with Crippen LogP contribution in [0.2, 0.25) is 0 Å². The molecule has 0 aromatic heterocycles. The second kappa shape index (κ2) is 14.0. The molecule has 6 nitrogen and oxygen atoms in total. The zero-order valence-corrected chi connectivity index (χ0v) is 16.7. The van der Waals surface area contributed by atoms with Crippen molar-refractivity contribution in [2.24, 2.45) is 0 Å². The Bertz CT molecular complexity index is 567. The highest BCUT2D eigenvalue weighted by molar-refractivity contribution is 5.90. The van der Waals surface area contributed by atoms with Crippen LogP contribution in [0.1, 0.15) is 33.3 Å². The van der Waals surface area contributed by atoms with Crippen molar-refractivity contribution >= 4 is 11.9 Å². The molecule has 0 radical (unpaired) electrons. The van der Waals surface area contributed by atoms with Crippen LogP contribution in [-0.4, -0.2) is 50.8 Å². The zero-order valence-electron chi connectivity index (χ0n) is 16.7. The monoisotopic (exact) mass is 365 g/mol. The van der Waals surface area contributed by atoms with Gasteiger partial charge in [-0.05, 0) is 33.3 Å². The van der Waals surface area contributed by atoms with Crippen molar-refractivity contribution in [1.29, 1.82) is 0 Å². The molecule has 0 aliphatic rings. The standard InChI is InChI=1S/C17H23NO4.C3H8O/c1-5-22-17(20)13(2)14(3)18(16(19)12-21-4)11-15-9-7-6-8-10-15;1-3-4-2/h6-10H,5,11-12H2,1-4H3;3H2,1-2H3/b14-13-;. The molecule has 0 saturated heterocycles. The fourth-order valence-corrected chi connectivity index (χ4v) is 1.95. The normalized spacial score (nSPS) is 11.0. The van der Waals surface area contributed by atoms with E-state index in [1.807, 2.05) is 37.3 Å². The Balaban J connectivity index is 0.00000141. The van der Waals surface area contributed by atoms with Crippen molar-refractivity contribution in [2.45, 2.75) is 34.2 Å². The van der Waals surface area contributed by atoms with E-state index in [1.54, 1.807) is 32.8 Å². The molecule has 0 atom stereocenters. The Morgan fingerprint density at radius 2 is 1.54 bits per heavy atom. The summed E-state index contributed by atoms with van der Waals surface area (Å²) in [6.07, 6.45) is 0. The Morgan fingerprint density at radius 3 is 2.00 bits per heavy atom. The van der Waals surface area contributed by atoms with Crippen molar-refractivity contribution in [1.82, 2.24) is 4.90 Å². The maximum atomic E-state index is 12.3. The van der Waals surface area contributed by atoms with Gasteiger partial charge >= 0.3 is 5.97 Å². The second-order valence-corrected chi connectivity index (χ2v) is 5.41. The summed E-state index contributed by atoms with van der Waals surface area (Å²) in [7, 11) is 3.15. The number of benzene rings is 1. The molecule has 0 saturated carbocycles. The van der Waals surface area contributed by atoms with Gasteiger partial charge in [-0.15, -0.1) is 0 Å². The molecule has 1 aromatic carbocycles. The number of nitrogens with zero attached hydrogens (tertiary/aromatic N) is 1. The van der Waals surface area contributed by atoms with Crippen LogP contribution in [0.4, 0.5) is 0 Å². The number of methoxy groups -OCH3 is 2. The summed E-state index contributed by atoms with van der Waals surface area (Å²) in [6, 6.07) is 9.59. The van der Waals surface area contributed by atoms with Crippen LogP contribution in [0.3, 0.4) is 0 Å². The molecular weight excluding hydrogens is 334 g/mol. The number of carbonyl (C=O) groups is 2. The van der Waals surface area contributed by atoms with Gasteiger partial charge in [-0.3, -0.25) is 4.79 Å². The van der Waals surface area contributed by atoms with Gasteiger partial charge in [0, 0.05) is 26.5 Å². The Morgan fingerprint density at radius 1 is 0.962 bits per heavy atom. The maximum absolute atomic E-state index is 12.3. The largest absolute Gasteiger partial charge is 0.463 e. The molecule has 1 aromatic rings. The van der Waals surface area contributed by atoms with Crippen molar-refractivity contribution in [3.63, 3.8) is 0 Å². The third-order valence-corrected chi connectivity index (χ3v) is 3.57. The molecule has 0 aliphatic heterocycles. The topological polar surface area (TPSA) is 65.1 Å². The van der Waals surface area contributed by atoms with E-state index in [2.05, 4.69) is 4.74 Å². The van der Waals surface area contributed by atoms with Crippen LogP contribution in [-0.2, 0) is 30.3 Å². The summed E-state index contributed by atoms with van der Waals surface area (Å²) >= 11 is 0. The number of allylic oxidation sites excluding steroid dienone is 1. The van der Waals surface area contributed by atoms with E-state index in [1.165, 1.54) is 7.11 Å². The van der Waals surface area contributed by atoms with Crippen molar-refractivity contribution in [3.8, 4) is 0 Å². The Kier molecular flexibility index (Phi) is 12.9. The summed E-state index contributed by atoms with van der Waals surface area (Å²) in [5, 5.41) is 0. The quantitative estimate of drug-likeness (QED) is 0.523. The lowest BCUT2D eigenvalue weighted by Crippen LogP contribution is -2.33. The van der Waals surface area contributed by atoms with Gasteiger partial charge < -0.3 is 19.1 Å². The molecule has 146 valence electrons. The van der Waals surface area contributed by atoms with Crippen molar-refractivity contribution in [3.05, 3.63) is 47.2 Å². The van der Waals surface area contributed by atoms with Gasteiger partial charge in [0.15, 0.2) is 0 Å². The highest BCUT2D eigenvalue weighted by atomic mass is 16.5. The van der Waals surface area contributed by atoms with Crippen LogP contribution in [0.25, 0.3) is 0 Å². The first-order chi connectivity index (χ1) is 12.4.